The monoisotopic (exact) mass is 308 g/mol. The van der Waals surface area contributed by atoms with Crippen molar-refractivity contribution < 1.29 is 12.9 Å². The fraction of sp³-hybridized carbons (Fsp3) is 0.333. The molecule has 0 aliphatic rings. The van der Waals surface area contributed by atoms with Crippen molar-refractivity contribution in [2.45, 2.75) is 41.5 Å². The standard InChI is InChI=1S/2C9H12.BF3/c2*1-7-5-4-6-8(2)9(7)3;2-1(3)4/h2*4-6H,1-3H3;. The summed E-state index contributed by atoms with van der Waals surface area (Å²) >= 11 is 0. The van der Waals surface area contributed by atoms with Crippen LogP contribution >= 0.6 is 0 Å². The van der Waals surface area contributed by atoms with Crippen LogP contribution in [0.4, 0.5) is 12.9 Å². The van der Waals surface area contributed by atoms with E-state index in [1.165, 1.54) is 33.4 Å². The molecule has 22 heavy (non-hydrogen) atoms. The van der Waals surface area contributed by atoms with Crippen molar-refractivity contribution in [1.82, 2.24) is 0 Å². The summed E-state index contributed by atoms with van der Waals surface area (Å²) in [6.07, 6.45) is 0. The number of hydrogen-bond donors (Lipinski definition) is 0. The van der Waals surface area contributed by atoms with Crippen molar-refractivity contribution in [3.8, 4) is 0 Å². The third kappa shape index (κ3) is 7.91. The van der Waals surface area contributed by atoms with Gasteiger partial charge in [0.1, 0.15) is 0 Å². The fourth-order valence-corrected chi connectivity index (χ4v) is 1.80. The Morgan fingerprint density at radius 3 is 0.864 bits per heavy atom. The first-order chi connectivity index (χ1) is 10.2. The van der Waals surface area contributed by atoms with Gasteiger partial charge in [0.25, 0.3) is 0 Å². The van der Waals surface area contributed by atoms with Gasteiger partial charge in [0.05, 0.1) is 0 Å². The first-order valence-electron chi connectivity index (χ1n) is 7.14. The summed E-state index contributed by atoms with van der Waals surface area (Å²) in [4.78, 5) is 0. The van der Waals surface area contributed by atoms with Crippen LogP contribution in [0.5, 0.6) is 0 Å². The third-order valence-electron chi connectivity index (χ3n) is 3.75. The molecule has 2 rings (SSSR count). The molecule has 2 aromatic rings. The minimum atomic E-state index is -3.67. The molecule has 0 aliphatic carbocycles. The minimum absolute atomic E-state index is 1.38. The SMILES string of the molecule is Cc1cccc(C)c1C.Cc1cccc(C)c1C.FB(F)F. The third-order valence-corrected chi connectivity index (χ3v) is 3.75. The zero-order valence-electron chi connectivity index (χ0n) is 14.2. The molecular formula is C18H24BF3. The van der Waals surface area contributed by atoms with Crippen molar-refractivity contribution >= 4 is 7.54 Å². The molecule has 0 amide bonds. The largest absolute Gasteiger partial charge is 0.762 e. The maximum Gasteiger partial charge on any atom is 0.762 e. The Hall–Kier alpha value is -1.71. The average molecular weight is 308 g/mol. The van der Waals surface area contributed by atoms with E-state index in [9.17, 15) is 12.9 Å². The Bertz CT molecular complexity index is 488. The number of aryl methyl sites for hydroxylation is 4. The van der Waals surface area contributed by atoms with Gasteiger partial charge in [-0.2, -0.15) is 0 Å². The van der Waals surface area contributed by atoms with Crippen LogP contribution in [0.25, 0.3) is 0 Å². The maximum absolute atomic E-state index is 9.67. The molecule has 0 heterocycles. The summed E-state index contributed by atoms with van der Waals surface area (Å²) in [6.45, 7) is 12.9. The van der Waals surface area contributed by atoms with Gasteiger partial charge in [-0.15, -0.1) is 0 Å². The molecule has 0 nitrogen and oxygen atoms in total. The molecule has 0 unspecified atom stereocenters. The second kappa shape index (κ2) is 10.1. The highest BCUT2D eigenvalue weighted by Gasteiger charge is 2.06. The van der Waals surface area contributed by atoms with Crippen LogP contribution in [0.3, 0.4) is 0 Å². The molecule has 0 aliphatic heterocycles. The van der Waals surface area contributed by atoms with Crippen molar-refractivity contribution in [1.29, 1.82) is 0 Å². The highest BCUT2D eigenvalue weighted by molar-refractivity contribution is 6.33. The first kappa shape index (κ1) is 20.3. The quantitative estimate of drug-likeness (QED) is 0.516. The van der Waals surface area contributed by atoms with E-state index < -0.39 is 7.54 Å². The van der Waals surface area contributed by atoms with Crippen LogP contribution in [0.15, 0.2) is 36.4 Å². The van der Waals surface area contributed by atoms with Crippen LogP contribution in [0.1, 0.15) is 33.4 Å². The van der Waals surface area contributed by atoms with Crippen LogP contribution in [-0.2, 0) is 0 Å². The van der Waals surface area contributed by atoms with Crippen LogP contribution in [-0.4, -0.2) is 7.54 Å². The van der Waals surface area contributed by atoms with Gasteiger partial charge in [0, 0.05) is 0 Å². The molecule has 0 spiro atoms. The zero-order chi connectivity index (χ0) is 17.3. The second-order valence-electron chi connectivity index (χ2n) is 5.28. The molecular weight excluding hydrogens is 284 g/mol. The van der Waals surface area contributed by atoms with Crippen molar-refractivity contribution in [2.75, 3.05) is 0 Å². The topological polar surface area (TPSA) is 0 Å². The van der Waals surface area contributed by atoms with E-state index in [0.717, 1.165) is 0 Å². The highest BCUT2D eigenvalue weighted by Crippen LogP contribution is 2.10. The maximum atomic E-state index is 9.67. The first-order valence-corrected chi connectivity index (χ1v) is 7.14. The molecule has 0 radical (unpaired) electrons. The summed E-state index contributed by atoms with van der Waals surface area (Å²) in [6, 6.07) is 12.8. The molecule has 0 N–H and O–H groups in total. The van der Waals surface area contributed by atoms with Crippen LogP contribution in [0.2, 0.25) is 0 Å². The smallest absolute Gasteiger partial charge is 0.254 e. The fourth-order valence-electron chi connectivity index (χ4n) is 1.80. The Morgan fingerprint density at radius 1 is 0.545 bits per heavy atom. The number of rotatable bonds is 0. The normalized spacial score (nSPS) is 9.14. The van der Waals surface area contributed by atoms with Gasteiger partial charge in [-0.1, -0.05) is 36.4 Å². The lowest BCUT2D eigenvalue weighted by molar-refractivity contribution is 0.535. The molecule has 2 aromatic carbocycles. The predicted molar refractivity (Wildman–Crippen MR) is 90.4 cm³/mol. The molecule has 120 valence electrons. The number of halogens is 3. The molecule has 0 atom stereocenters. The molecule has 4 heteroatoms. The van der Waals surface area contributed by atoms with Crippen molar-refractivity contribution in [2.24, 2.45) is 0 Å². The van der Waals surface area contributed by atoms with E-state index in [-0.39, 0.29) is 0 Å². The average Bonchev–Trinajstić information content (AvgIpc) is 2.42. The van der Waals surface area contributed by atoms with E-state index in [4.69, 9.17) is 0 Å². The van der Waals surface area contributed by atoms with Gasteiger partial charge in [0.2, 0.25) is 0 Å². The lowest BCUT2D eigenvalue weighted by Crippen LogP contribution is -1.82. The zero-order valence-corrected chi connectivity index (χ0v) is 14.2. The van der Waals surface area contributed by atoms with E-state index in [2.05, 4.69) is 77.9 Å². The Balaban J connectivity index is 0.000000326. The summed E-state index contributed by atoms with van der Waals surface area (Å²) in [5.74, 6) is 0. The summed E-state index contributed by atoms with van der Waals surface area (Å²) in [5, 5.41) is 0. The van der Waals surface area contributed by atoms with Crippen LogP contribution < -0.4 is 0 Å². The highest BCUT2D eigenvalue weighted by atomic mass is 19.4. The van der Waals surface area contributed by atoms with Gasteiger partial charge in [-0.3, -0.25) is 12.9 Å². The van der Waals surface area contributed by atoms with Crippen molar-refractivity contribution in [3.05, 3.63) is 69.8 Å². The lowest BCUT2D eigenvalue weighted by Gasteiger charge is -2.00. The van der Waals surface area contributed by atoms with Crippen molar-refractivity contribution in [3.63, 3.8) is 0 Å². The van der Waals surface area contributed by atoms with Gasteiger partial charge >= 0.3 is 7.54 Å². The lowest BCUT2D eigenvalue weighted by atomic mass is 10.1. The van der Waals surface area contributed by atoms with Gasteiger partial charge < -0.3 is 0 Å². The van der Waals surface area contributed by atoms with Gasteiger partial charge in [-0.25, -0.2) is 0 Å². The molecule has 0 saturated carbocycles. The molecule has 0 fully saturated rings. The van der Waals surface area contributed by atoms with Gasteiger partial charge in [-0.05, 0) is 74.9 Å². The summed E-state index contributed by atoms with van der Waals surface area (Å²) in [7, 11) is -3.67. The molecule has 0 bridgehead atoms. The number of hydrogen-bond acceptors (Lipinski definition) is 0. The Labute approximate surface area is 132 Å². The van der Waals surface area contributed by atoms with Crippen LogP contribution in [0, 0.1) is 41.5 Å². The van der Waals surface area contributed by atoms with E-state index in [1.54, 1.807) is 0 Å². The molecule has 0 aromatic heterocycles. The minimum Gasteiger partial charge on any atom is -0.254 e. The Morgan fingerprint density at radius 2 is 0.727 bits per heavy atom. The number of benzene rings is 2. The molecule has 0 saturated heterocycles. The van der Waals surface area contributed by atoms with E-state index >= 15 is 0 Å². The Kier molecular flexibility index (Phi) is 9.31. The van der Waals surface area contributed by atoms with E-state index in [1.807, 2.05) is 0 Å². The summed E-state index contributed by atoms with van der Waals surface area (Å²) < 4.78 is 29.0. The van der Waals surface area contributed by atoms with E-state index in [0.29, 0.717) is 0 Å². The van der Waals surface area contributed by atoms with Gasteiger partial charge in [0.15, 0.2) is 0 Å². The summed E-state index contributed by atoms with van der Waals surface area (Å²) in [5.41, 5.74) is 8.37. The predicted octanol–water partition coefficient (Wildman–Crippen LogP) is 6.10. The second-order valence-corrected chi connectivity index (χ2v) is 5.28.